The van der Waals surface area contributed by atoms with Crippen molar-refractivity contribution < 1.29 is 14.3 Å². The molecule has 206 valence electrons. The minimum atomic E-state index is -0.586. The molecule has 1 saturated heterocycles. The van der Waals surface area contributed by atoms with Gasteiger partial charge in [0.15, 0.2) is 5.69 Å². The van der Waals surface area contributed by atoms with Gasteiger partial charge in [0.05, 0.1) is 18.7 Å². The smallest absolute Gasteiger partial charge is 0.269 e. The number of anilines is 2. The highest BCUT2D eigenvalue weighted by Gasteiger charge is 2.28. The SMILES string of the molecule is Cc1c(NC(=O)C2Cc3ccccc3C2)cccc1-c1cnc(C(N)=O)c2[nH]c3cc(N4CCOCC4)ccc3c12. The van der Waals surface area contributed by atoms with Gasteiger partial charge in [-0.25, -0.2) is 4.98 Å². The third kappa shape index (κ3) is 4.40. The van der Waals surface area contributed by atoms with Gasteiger partial charge >= 0.3 is 0 Å². The summed E-state index contributed by atoms with van der Waals surface area (Å²) in [5, 5.41) is 5.06. The molecule has 0 bridgehead atoms. The minimum absolute atomic E-state index is 0.0246. The molecule has 1 fully saturated rings. The van der Waals surface area contributed by atoms with Crippen LogP contribution >= 0.6 is 0 Å². The molecule has 8 heteroatoms. The van der Waals surface area contributed by atoms with Crippen molar-refractivity contribution in [2.45, 2.75) is 19.8 Å². The lowest BCUT2D eigenvalue weighted by atomic mass is 9.95. The Morgan fingerprint density at radius 1 is 1.00 bits per heavy atom. The molecule has 4 N–H and O–H groups in total. The number of ether oxygens (including phenoxy) is 1. The van der Waals surface area contributed by atoms with Crippen molar-refractivity contribution in [3.63, 3.8) is 0 Å². The number of nitrogens with one attached hydrogen (secondary N) is 2. The van der Waals surface area contributed by atoms with E-state index in [0.29, 0.717) is 18.7 Å². The van der Waals surface area contributed by atoms with Gasteiger partial charge in [-0.05, 0) is 60.2 Å². The fraction of sp³-hybridized carbons (Fsp3) is 0.242. The first-order valence-electron chi connectivity index (χ1n) is 14.0. The zero-order chi connectivity index (χ0) is 28.1. The summed E-state index contributed by atoms with van der Waals surface area (Å²) in [6.07, 6.45) is 3.22. The van der Waals surface area contributed by atoms with Gasteiger partial charge in [-0.1, -0.05) is 42.5 Å². The number of primary amides is 1. The molecule has 0 unspecified atom stereocenters. The van der Waals surface area contributed by atoms with Gasteiger partial charge < -0.3 is 25.7 Å². The number of aromatic nitrogens is 2. The van der Waals surface area contributed by atoms with Crippen molar-refractivity contribution in [3.05, 3.63) is 89.2 Å². The Hall–Kier alpha value is -4.69. The van der Waals surface area contributed by atoms with E-state index in [0.717, 1.165) is 70.3 Å². The quantitative estimate of drug-likeness (QED) is 0.288. The average Bonchev–Trinajstić information content (AvgIpc) is 3.60. The molecule has 3 heterocycles. The van der Waals surface area contributed by atoms with E-state index in [1.807, 2.05) is 37.3 Å². The molecule has 2 aromatic heterocycles. The molecule has 0 saturated carbocycles. The maximum absolute atomic E-state index is 13.3. The first kappa shape index (κ1) is 25.3. The van der Waals surface area contributed by atoms with Crippen molar-refractivity contribution in [1.82, 2.24) is 9.97 Å². The van der Waals surface area contributed by atoms with Crippen molar-refractivity contribution >= 4 is 45.0 Å². The van der Waals surface area contributed by atoms with Crippen LogP contribution in [0.4, 0.5) is 11.4 Å². The number of benzene rings is 3. The summed E-state index contributed by atoms with van der Waals surface area (Å²) in [5.41, 5.74) is 14.6. The van der Waals surface area contributed by atoms with E-state index >= 15 is 0 Å². The van der Waals surface area contributed by atoms with Gasteiger partial charge in [0, 0.05) is 58.4 Å². The molecule has 2 aliphatic rings. The number of carbonyl (C=O) groups is 2. The number of H-pyrrole nitrogens is 1. The van der Waals surface area contributed by atoms with Crippen molar-refractivity contribution in [2.24, 2.45) is 11.7 Å². The standard InChI is InChI=1S/C33H31N5O3/c1-19-24(7-4-8-27(19)37-33(40)22-15-20-5-2-3-6-21(20)16-22)26-18-35-31(32(34)39)30-29(26)25-10-9-23(17-28(25)36-30)38-11-13-41-14-12-38/h2-10,17-18,22,36H,11-16H2,1H3,(H2,34,39)(H,37,40). The second kappa shape index (κ2) is 10.1. The first-order chi connectivity index (χ1) is 20.0. The lowest BCUT2D eigenvalue weighted by molar-refractivity contribution is -0.119. The molecule has 0 spiro atoms. The van der Waals surface area contributed by atoms with Crippen molar-refractivity contribution in [2.75, 3.05) is 36.5 Å². The lowest BCUT2D eigenvalue weighted by Gasteiger charge is -2.28. The predicted octanol–water partition coefficient (Wildman–Crippen LogP) is 4.98. The highest BCUT2D eigenvalue weighted by molar-refractivity contribution is 6.19. The number of aromatic amines is 1. The molecule has 1 aliphatic heterocycles. The van der Waals surface area contributed by atoms with Crippen LogP contribution in [0.2, 0.25) is 0 Å². The normalized spacial score (nSPS) is 15.4. The summed E-state index contributed by atoms with van der Waals surface area (Å²) < 4.78 is 5.52. The number of hydrogen-bond acceptors (Lipinski definition) is 5. The van der Waals surface area contributed by atoms with Crippen LogP contribution in [0.1, 0.15) is 27.2 Å². The Bertz CT molecular complexity index is 1810. The number of carbonyl (C=O) groups excluding carboxylic acids is 2. The maximum Gasteiger partial charge on any atom is 0.269 e. The molecule has 1 aliphatic carbocycles. The van der Waals surface area contributed by atoms with E-state index in [4.69, 9.17) is 10.5 Å². The largest absolute Gasteiger partial charge is 0.378 e. The number of pyridine rings is 1. The van der Waals surface area contributed by atoms with E-state index in [2.05, 4.69) is 50.5 Å². The van der Waals surface area contributed by atoms with Gasteiger partial charge in [-0.2, -0.15) is 0 Å². The number of rotatable bonds is 5. The van der Waals surface area contributed by atoms with Gasteiger partial charge in [0.2, 0.25) is 5.91 Å². The van der Waals surface area contributed by atoms with Crippen LogP contribution < -0.4 is 16.0 Å². The Kier molecular flexibility index (Phi) is 6.20. The summed E-state index contributed by atoms with van der Waals surface area (Å²) in [7, 11) is 0. The summed E-state index contributed by atoms with van der Waals surface area (Å²) in [6, 6.07) is 20.5. The van der Waals surface area contributed by atoms with Crippen LogP contribution in [-0.2, 0) is 22.4 Å². The number of morpholine rings is 1. The van der Waals surface area contributed by atoms with Crippen LogP contribution in [-0.4, -0.2) is 48.1 Å². The fourth-order valence-corrected chi connectivity index (χ4v) is 6.35. The van der Waals surface area contributed by atoms with E-state index in [-0.39, 0.29) is 17.5 Å². The molecule has 41 heavy (non-hydrogen) atoms. The Morgan fingerprint density at radius 2 is 1.76 bits per heavy atom. The molecule has 2 amide bonds. The Morgan fingerprint density at radius 3 is 2.49 bits per heavy atom. The van der Waals surface area contributed by atoms with Gasteiger partial charge in [-0.3, -0.25) is 9.59 Å². The molecule has 0 radical (unpaired) electrons. The summed E-state index contributed by atoms with van der Waals surface area (Å²) in [6.45, 7) is 5.06. The predicted molar refractivity (Wildman–Crippen MR) is 161 cm³/mol. The summed E-state index contributed by atoms with van der Waals surface area (Å²) in [5.74, 6) is -0.652. The van der Waals surface area contributed by atoms with E-state index < -0.39 is 5.91 Å². The van der Waals surface area contributed by atoms with Crippen LogP contribution in [0.25, 0.3) is 32.9 Å². The molecular formula is C33H31N5O3. The number of hydrogen-bond donors (Lipinski definition) is 3. The minimum Gasteiger partial charge on any atom is -0.378 e. The summed E-state index contributed by atoms with van der Waals surface area (Å²) in [4.78, 5) is 35.9. The van der Waals surface area contributed by atoms with Crippen LogP contribution in [0, 0.1) is 12.8 Å². The number of fused-ring (bicyclic) bond motifs is 4. The monoisotopic (exact) mass is 545 g/mol. The van der Waals surface area contributed by atoms with Crippen LogP contribution in [0.15, 0.2) is 66.9 Å². The van der Waals surface area contributed by atoms with Gasteiger partial charge in [0.25, 0.3) is 5.91 Å². The van der Waals surface area contributed by atoms with Crippen molar-refractivity contribution in [3.8, 4) is 11.1 Å². The highest BCUT2D eigenvalue weighted by Crippen LogP contribution is 2.39. The second-order valence-electron chi connectivity index (χ2n) is 10.9. The van der Waals surface area contributed by atoms with Gasteiger partial charge in [-0.15, -0.1) is 0 Å². The number of nitrogens with zero attached hydrogens (tertiary/aromatic N) is 2. The molecule has 7 rings (SSSR count). The maximum atomic E-state index is 13.3. The van der Waals surface area contributed by atoms with E-state index in [9.17, 15) is 9.59 Å². The first-order valence-corrected chi connectivity index (χ1v) is 14.0. The topological polar surface area (TPSA) is 113 Å². The van der Waals surface area contributed by atoms with Crippen LogP contribution in [0.3, 0.4) is 0 Å². The summed E-state index contributed by atoms with van der Waals surface area (Å²) >= 11 is 0. The molecule has 8 nitrogen and oxygen atoms in total. The third-order valence-corrected chi connectivity index (χ3v) is 8.52. The van der Waals surface area contributed by atoms with Crippen molar-refractivity contribution in [1.29, 1.82) is 0 Å². The van der Waals surface area contributed by atoms with Crippen LogP contribution in [0.5, 0.6) is 0 Å². The number of nitrogens with two attached hydrogens (primary N) is 1. The highest BCUT2D eigenvalue weighted by atomic mass is 16.5. The average molecular weight is 546 g/mol. The zero-order valence-electron chi connectivity index (χ0n) is 22.9. The molecule has 5 aromatic rings. The third-order valence-electron chi connectivity index (χ3n) is 8.52. The Balaban J connectivity index is 1.28. The molecule has 3 aromatic carbocycles. The number of amides is 2. The Labute approximate surface area is 237 Å². The fourth-order valence-electron chi connectivity index (χ4n) is 6.35. The lowest BCUT2D eigenvalue weighted by Crippen LogP contribution is -2.36. The van der Waals surface area contributed by atoms with E-state index in [1.54, 1.807) is 6.20 Å². The van der Waals surface area contributed by atoms with Gasteiger partial charge in [0.1, 0.15) is 0 Å². The zero-order valence-corrected chi connectivity index (χ0v) is 22.9. The van der Waals surface area contributed by atoms with E-state index in [1.165, 1.54) is 11.1 Å². The second-order valence-corrected chi connectivity index (χ2v) is 10.9. The molecular weight excluding hydrogens is 514 g/mol. The molecule has 0 atom stereocenters.